The van der Waals surface area contributed by atoms with Gasteiger partial charge in [-0.05, 0) is 43.4 Å². The summed E-state index contributed by atoms with van der Waals surface area (Å²) in [4.78, 5) is 14.1. The van der Waals surface area contributed by atoms with Crippen LogP contribution in [-0.4, -0.2) is 45.5 Å². The predicted molar refractivity (Wildman–Crippen MR) is 93.8 cm³/mol. The highest BCUT2D eigenvalue weighted by Crippen LogP contribution is 2.43. The van der Waals surface area contributed by atoms with Crippen molar-refractivity contribution in [2.75, 3.05) is 17.7 Å². The molecule has 4 nitrogen and oxygen atoms in total. The molecule has 2 saturated carbocycles. The van der Waals surface area contributed by atoms with Crippen molar-refractivity contribution >= 4 is 28.6 Å². The minimum Gasteiger partial charge on any atom is -0.356 e. The quantitative estimate of drug-likeness (QED) is 0.855. The Morgan fingerprint density at radius 1 is 1.29 bits per heavy atom. The highest BCUT2D eigenvalue weighted by atomic mass is 32.2. The SMILES string of the molecule is CN(c1ncnc2[nH]ccc12)C1CC(CSC2CC(C(F)F)C2)C1. The van der Waals surface area contributed by atoms with Gasteiger partial charge >= 0.3 is 0 Å². The number of aromatic nitrogens is 3. The van der Waals surface area contributed by atoms with E-state index in [2.05, 4.69) is 26.9 Å². The molecule has 0 amide bonds. The molecule has 2 fully saturated rings. The van der Waals surface area contributed by atoms with Gasteiger partial charge in [-0.3, -0.25) is 0 Å². The Kier molecular flexibility index (Phi) is 4.37. The Labute approximate surface area is 144 Å². The van der Waals surface area contributed by atoms with Gasteiger partial charge in [0.05, 0.1) is 5.39 Å². The van der Waals surface area contributed by atoms with E-state index in [1.165, 1.54) is 0 Å². The van der Waals surface area contributed by atoms with Crippen LogP contribution in [0.25, 0.3) is 11.0 Å². The van der Waals surface area contributed by atoms with Crippen LogP contribution in [0.5, 0.6) is 0 Å². The number of rotatable bonds is 6. The molecule has 2 aromatic heterocycles. The molecule has 0 saturated heterocycles. The molecule has 2 heterocycles. The minimum absolute atomic E-state index is 0.343. The van der Waals surface area contributed by atoms with Crippen LogP contribution in [0.2, 0.25) is 0 Å². The molecule has 0 radical (unpaired) electrons. The molecule has 0 aliphatic heterocycles. The van der Waals surface area contributed by atoms with Gasteiger partial charge in [0.25, 0.3) is 0 Å². The average Bonchev–Trinajstić information content (AvgIpc) is 2.94. The molecule has 24 heavy (non-hydrogen) atoms. The van der Waals surface area contributed by atoms with E-state index in [-0.39, 0.29) is 5.92 Å². The first kappa shape index (κ1) is 16.1. The van der Waals surface area contributed by atoms with E-state index < -0.39 is 6.43 Å². The molecule has 0 atom stereocenters. The summed E-state index contributed by atoms with van der Waals surface area (Å²) in [6, 6.07) is 2.53. The summed E-state index contributed by atoms with van der Waals surface area (Å²) in [5.41, 5.74) is 0.872. The largest absolute Gasteiger partial charge is 0.356 e. The van der Waals surface area contributed by atoms with E-state index in [1.54, 1.807) is 6.33 Å². The number of hydrogen-bond acceptors (Lipinski definition) is 4. The van der Waals surface area contributed by atoms with Crippen molar-refractivity contribution in [1.82, 2.24) is 15.0 Å². The fourth-order valence-electron chi connectivity index (χ4n) is 3.69. The number of alkyl halides is 2. The number of aromatic amines is 1. The van der Waals surface area contributed by atoms with Crippen molar-refractivity contribution < 1.29 is 8.78 Å². The zero-order valence-electron chi connectivity index (χ0n) is 13.7. The van der Waals surface area contributed by atoms with Crippen LogP contribution >= 0.6 is 11.8 Å². The summed E-state index contributed by atoms with van der Waals surface area (Å²) in [5, 5.41) is 1.52. The fraction of sp³-hybridized carbons (Fsp3) is 0.647. The summed E-state index contributed by atoms with van der Waals surface area (Å²) in [6.45, 7) is 0. The molecule has 2 aliphatic carbocycles. The molecule has 7 heteroatoms. The van der Waals surface area contributed by atoms with E-state index in [0.717, 1.165) is 35.4 Å². The van der Waals surface area contributed by atoms with E-state index >= 15 is 0 Å². The van der Waals surface area contributed by atoms with Gasteiger partial charge in [-0.25, -0.2) is 18.7 Å². The molecule has 2 aliphatic rings. The number of thioether (sulfide) groups is 1. The third-order valence-electron chi connectivity index (χ3n) is 5.48. The molecule has 0 aromatic carbocycles. The lowest BCUT2D eigenvalue weighted by Gasteiger charge is -2.43. The van der Waals surface area contributed by atoms with Crippen molar-refractivity contribution in [2.24, 2.45) is 11.8 Å². The van der Waals surface area contributed by atoms with Gasteiger partial charge in [0, 0.05) is 30.5 Å². The maximum Gasteiger partial charge on any atom is 0.241 e. The fourth-order valence-corrected chi connectivity index (χ4v) is 5.27. The number of nitrogens with zero attached hydrogens (tertiary/aromatic N) is 3. The molecule has 4 rings (SSSR count). The first-order valence-corrected chi connectivity index (χ1v) is 9.57. The van der Waals surface area contributed by atoms with Crippen molar-refractivity contribution in [3.63, 3.8) is 0 Å². The van der Waals surface area contributed by atoms with Crippen LogP contribution in [-0.2, 0) is 0 Å². The molecule has 0 unspecified atom stereocenters. The zero-order chi connectivity index (χ0) is 16.7. The minimum atomic E-state index is -2.12. The van der Waals surface area contributed by atoms with Crippen LogP contribution in [0.3, 0.4) is 0 Å². The van der Waals surface area contributed by atoms with Crippen LogP contribution in [0.4, 0.5) is 14.6 Å². The highest BCUT2D eigenvalue weighted by molar-refractivity contribution is 7.99. The molecule has 2 aromatic rings. The van der Waals surface area contributed by atoms with E-state index in [1.807, 2.05) is 24.0 Å². The maximum absolute atomic E-state index is 12.5. The first-order valence-electron chi connectivity index (χ1n) is 8.52. The van der Waals surface area contributed by atoms with E-state index in [9.17, 15) is 8.78 Å². The smallest absolute Gasteiger partial charge is 0.241 e. The second kappa shape index (κ2) is 6.50. The van der Waals surface area contributed by atoms with Crippen LogP contribution in [0, 0.1) is 11.8 Å². The highest BCUT2D eigenvalue weighted by Gasteiger charge is 2.38. The second-order valence-electron chi connectivity index (χ2n) is 7.06. The van der Waals surface area contributed by atoms with Gasteiger partial charge in [0.2, 0.25) is 6.43 Å². The summed E-state index contributed by atoms with van der Waals surface area (Å²) >= 11 is 1.90. The third kappa shape index (κ3) is 2.98. The van der Waals surface area contributed by atoms with Gasteiger partial charge < -0.3 is 9.88 Å². The normalized spacial score (nSPS) is 29.5. The average molecular weight is 352 g/mol. The van der Waals surface area contributed by atoms with Crippen LogP contribution in [0.1, 0.15) is 25.7 Å². The van der Waals surface area contributed by atoms with Crippen molar-refractivity contribution in [3.8, 4) is 0 Å². The third-order valence-corrected chi connectivity index (χ3v) is 7.00. The second-order valence-corrected chi connectivity index (χ2v) is 8.39. The van der Waals surface area contributed by atoms with Crippen molar-refractivity contribution in [1.29, 1.82) is 0 Å². The van der Waals surface area contributed by atoms with Gasteiger partial charge in [0.15, 0.2) is 0 Å². The Bertz CT molecular complexity index is 695. The van der Waals surface area contributed by atoms with E-state index in [0.29, 0.717) is 30.1 Å². The zero-order valence-corrected chi connectivity index (χ0v) is 14.5. The van der Waals surface area contributed by atoms with Crippen molar-refractivity contribution in [3.05, 3.63) is 18.6 Å². The molecule has 0 bridgehead atoms. The number of fused-ring (bicyclic) bond motifs is 1. The van der Waals surface area contributed by atoms with Crippen molar-refractivity contribution in [2.45, 2.75) is 43.4 Å². The first-order chi connectivity index (χ1) is 11.6. The lowest BCUT2D eigenvalue weighted by Crippen LogP contribution is -2.44. The van der Waals surface area contributed by atoms with Crippen LogP contribution < -0.4 is 4.90 Å². The number of H-pyrrole nitrogens is 1. The van der Waals surface area contributed by atoms with Gasteiger partial charge in [-0.1, -0.05) is 0 Å². The number of anilines is 1. The summed E-state index contributed by atoms with van der Waals surface area (Å²) < 4.78 is 25.0. The van der Waals surface area contributed by atoms with Gasteiger partial charge in [0.1, 0.15) is 17.8 Å². The Morgan fingerprint density at radius 2 is 2.08 bits per heavy atom. The maximum atomic E-state index is 12.5. The lowest BCUT2D eigenvalue weighted by molar-refractivity contribution is 0.0377. The Morgan fingerprint density at radius 3 is 2.83 bits per heavy atom. The van der Waals surface area contributed by atoms with Gasteiger partial charge in [-0.2, -0.15) is 11.8 Å². The monoisotopic (exact) mass is 352 g/mol. The standard InChI is InChI=1S/C17H22F2N4S/c1-23(17-14-2-3-20-16(14)21-9-22-17)12-4-10(5-12)8-24-13-6-11(7-13)15(18)19/h2-3,9-13,15H,4-8H2,1H3,(H,20,21,22). The molecule has 130 valence electrons. The molecule has 1 N–H and O–H groups in total. The Balaban J connectivity index is 1.25. The summed E-state index contributed by atoms with van der Waals surface area (Å²) in [7, 11) is 2.10. The topological polar surface area (TPSA) is 44.8 Å². The predicted octanol–water partition coefficient (Wildman–Crippen LogP) is 3.95. The van der Waals surface area contributed by atoms with Crippen LogP contribution in [0.15, 0.2) is 18.6 Å². The molecular formula is C17H22F2N4S. The van der Waals surface area contributed by atoms with E-state index in [4.69, 9.17) is 0 Å². The number of nitrogens with one attached hydrogen (secondary N) is 1. The molecular weight excluding hydrogens is 330 g/mol. The number of hydrogen-bond donors (Lipinski definition) is 1. The Hall–Kier alpha value is -1.37. The van der Waals surface area contributed by atoms with Gasteiger partial charge in [-0.15, -0.1) is 0 Å². The summed E-state index contributed by atoms with van der Waals surface area (Å²) in [5.74, 6) is 2.45. The number of halogens is 2. The summed E-state index contributed by atoms with van der Waals surface area (Å²) in [6.07, 6.45) is 5.08. The lowest BCUT2D eigenvalue weighted by atomic mass is 9.80. The molecule has 0 spiro atoms.